The van der Waals surface area contributed by atoms with Crippen LogP contribution in [0.3, 0.4) is 0 Å². The Morgan fingerprint density at radius 1 is 0.690 bits per heavy atom. The summed E-state index contributed by atoms with van der Waals surface area (Å²) in [6.07, 6.45) is 13.7. The Balaban J connectivity index is 1.84. The van der Waals surface area contributed by atoms with Gasteiger partial charge in [-0.05, 0) is 0 Å². The Morgan fingerprint density at radius 2 is 1.14 bits per heavy atom. The van der Waals surface area contributed by atoms with Gasteiger partial charge in [0.05, 0.1) is 0 Å². The average molecular weight is 472 g/mol. The maximum absolute atomic E-state index is 13.7. The molecule has 2 aliphatic carbocycles. The Morgan fingerprint density at radius 3 is 1.52 bits per heavy atom. The number of hydrogen-bond donors (Lipinski definition) is 0. The normalized spacial score (nSPS) is 15.4. The van der Waals surface area contributed by atoms with Gasteiger partial charge in [-0.15, -0.1) is 0 Å². The summed E-state index contributed by atoms with van der Waals surface area (Å²) in [5.41, 5.74) is 0.989. The number of alkyl halides is 2. The molecule has 0 aromatic heterocycles. The Bertz CT molecular complexity index is 926. The molecule has 0 amide bonds. The third-order valence-electron chi connectivity index (χ3n) is 5.13. The topological polar surface area (TPSA) is 18.5 Å². The number of allylic oxidation sites excluding steroid dienone is 8. The predicted octanol–water partition coefficient (Wildman–Crippen LogP) is 6.75. The molecule has 2 nitrogen and oxygen atoms in total. The van der Waals surface area contributed by atoms with Crippen molar-refractivity contribution >= 4 is 0 Å². The molecule has 0 saturated heterocycles. The van der Waals surface area contributed by atoms with Gasteiger partial charge in [0.25, 0.3) is 0 Å². The molecule has 4 rings (SSSR count). The Labute approximate surface area is 175 Å². The number of para-hydroxylation sites is 2. The number of rotatable bonds is 8. The fourth-order valence-corrected chi connectivity index (χ4v) is 12.0. The molecule has 148 valence electrons. The zero-order valence-electron chi connectivity index (χ0n) is 16.0. The zero-order valence-corrected chi connectivity index (χ0v) is 18.4. The summed E-state index contributed by atoms with van der Waals surface area (Å²) in [5, 5.41) is 0. The summed E-state index contributed by atoms with van der Waals surface area (Å²) in [6.45, 7) is -1.23. The van der Waals surface area contributed by atoms with Crippen LogP contribution >= 0.6 is 0 Å². The SMILES string of the molecule is FCc1ccccc1[O][Zr]([O]c1ccccc1CF)([C]1=CC=CC1)[C]1=CC=CC1. The zero-order chi connectivity index (χ0) is 20.1. The number of benzene rings is 2. The summed E-state index contributed by atoms with van der Waals surface area (Å²) < 4.78 is 42.9. The van der Waals surface area contributed by atoms with E-state index in [2.05, 4.69) is 12.2 Å². The third-order valence-corrected chi connectivity index (χ3v) is 13.6. The molecule has 2 aromatic rings. The summed E-state index contributed by atoms with van der Waals surface area (Å²) in [5.74, 6) is 1.01. The van der Waals surface area contributed by atoms with Gasteiger partial charge >= 0.3 is 176 Å². The van der Waals surface area contributed by atoms with E-state index in [4.69, 9.17) is 5.63 Å². The van der Waals surface area contributed by atoms with E-state index in [0.717, 1.165) is 19.4 Å². The summed E-state index contributed by atoms with van der Waals surface area (Å²) in [7, 11) is 0. The van der Waals surface area contributed by atoms with Crippen molar-refractivity contribution in [3.63, 3.8) is 0 Å². The Hall–Kier alpha value is -2.26. The van der Waals surface area contributed by atoms with Crippen molar-refractivity contribution in [2.75, 3.05) is 0 Å². The van der Waals surface area contributed by atoms with Gasteiger partial charge < -0.3 is 0 Å². The van der Waals surface area contributed by atoms with Crippen LogP contribution < -0.4 is 5.63 Å². The van der Waals surface area contributed by atoms with Gasteiger partial charge in [0.1, 0.15) is 0 Å². The van der Waals surface area contributed by atoms with Crippen LogP contribution in [0.2, 0.25) is 0 Å². The standard InChI is InChI=1S/2C7H7FO.2C5H5.Zr/c2*8-5-6-3-1-2-4-7(6)9;2*1-2-4-5-3-1;/h2*1-4,9H,5H2;2*1-3H,4H2;/q;;;;+2/p-2. The van der Waals surface area contributed by atoms with E-state index < -0.39 is 34.5 Å². The van der Waals surface area contributed by atoms with Gasteiger partial charge in [-0.3, -0.25) is 0 Å². The number of halogens is 2. The molecule has 2 aliphatic rings. The van der Waals surface area contributed by atoms with E-state index >= 15 is 0 Å². The van der Waals surface area contributed by atoms with Gasteiger partial charge in [0.15, 0.2) is 0 Å². The molecule has 0 unspecified atom stereocenters. The molecule has 0 aliphatic heterocycles. The van der Waals surface area contributed by atoms with Gasteiger partial charge in [-0.1, -0.05) is 0 Å². The molecular formula is C24H22F2O2Zr. The predicted molar refractivity (Wildman–Crippen MR) is 107 cm³/mol. The number of hydrogen-bond acceptors (Lipinski definition) is 2. The monoisotopic (exact) mass is 470 g/mol. The summed E-state index contributed by atoms with van der Waals surface area (Å²) >= 11 is -4.24. The minimum absolute atomic E-state index is 0.495. The van der Waals surface area contributed by atoms with E-state index in [1.165, 1.54) is 0 Å². The van der Waals surface area contributed by atoms with Gasteiger partial charge in [-0.2, -0.15) is 0 Å². The van der Waals surface area contributed by atoms with Crippen molar-refractivity contribution in [3.8, 4) is 11.5 Å². The van der Waals surface area contributed by atoms with Crippen molar-refractivity contribution < 1.29 is 35.6 Å². The second-order valence-corrected chi connectivity index (χ2v) is 14.1. The maximum atomic E-state index is 13.7. The fourth-order valence-electron chi connectivity index (χ4n) is 3.61. The molecule has 29 heavy (non-hydrogen) atoms. The summed E-state index contributed by atoms with van der Waals surface area (Å²) in [4.78, 5) is 0. The van der Waals surface area contributed by atoms with Crippen LogP contribution in [-0.4, -0.2) is 0 Å². The van der Waals surface area contributed by atoms with Crippen molar-refractivity contribution in [3.05, 3.63) is 103 Å². The van der Waals surface area contributed by atoms with E-state index in [9.17, 15) is 8.78 Å². The molecule has 0 spiro atoms. The first-order valence-corrected chi connectivity index (χ1v) is 14.1. The van der Waals surface area contributed by atoms with Crippen LogP contribution in [0, 0.1) is 0 Å². The van der Waals surface area contributed by atoms with Crippen molar-refractivity contribution in [1.82, 2.24) is 0 Å². The molecule has 0 heterocycles. The quantitative estimate of drug-likeness (QED) is 0.424. The van der Waals surface area contributed by atoms with E-state index in [1.807, 2.05) is 36.4 Å². The van der Waals surface area contributed by atoms with Crippen LogP contribution in [0.1, 0.15) is 24.0 Å². The molecule has 0 N–H and O–H groups in total. The first-order valence-electron chi connectivity index (χ1n) is 9.65. The van der Waals surface area contributed by atoms with Crippen LogP contribution in [0.5, 0.6) is 11.5 Å². The summed E-state index contributed by atoms with van der Waals surface area (Å²) in [6, 6.07) is 14.3. The fraction of sp³-hybridized carbons (Fsp3) is 0.167. The van der Waals surface area contributed by atoms with Crippen molar-refractivity contribution in [2.24, 2.45) is 0 Å². The second-order valence-electron chi connectivity index (χ2n) is 6.95. The van der Waals surface area contributed by atoms with Crippen LogP contribution in [0.15, 0.2) is 91.5 Å². The molecule has 0 fully saturated rings. The third kappa shape index (κ3) is 4.07. The van der Waals surface area contributed by atoms with Crippen LogP contribution in [0.4, 0.5) is 8.78 Å². The van der Waals surface area contributed by atoms with E-state index in [1.54, 1.807) is 36.4 Å². The van der Waals surface area contributed by atoms with Crippen LogP contribution in [-0.2, 0) is 34.5 Å². The average Bonchev–Trinajstić information content (AvgIpc) is 3.48. The van der Waals surface area contributed by atoms with Crippen molar-refractivity contribution in [1.29, 1.82) is 0 Å². The van der Waals surface area contributed by atoms with Gasteiger partial charge in [0, 0.05) is 0 Å². The van der Waals surface area contributed by atoms with Gasteiger partial charge in [0.2, 0.25) is 0 Å². The first-order chi connectivity index (χ1) is 14.3. The molecule has 5 heteroatoms. The minimum atomic E-state index is -4.24. The molecule has 0 bridgehead atoms. The first kappa shape index (κ1) is 20.0. The molecular weight excluding hydrogens is 449 g/mol. The van der Waals surface area contributed by atoms with E-state index in [-0.39, 0.29) is 0 Å². The molecule has 0 radical (unpaired) electrons. The Kier molecular flexibility index (Phi) is 6.25. The van der Waals surface area contributed by atoms with Gasteiger partial charge in [-0.25, -0.2) is 0 Å². The van der Waals surface area contributed by atoms with Crippen LogP contribution in [0.25, 0.3) is 0 Å². The molecule has 2 aromatic carbocycles. The van der Waals surface area contributed by atoms with Crippen molar-refractivity contribution in [2.45, 2.75) is 26.2 Å². The molecule has 0 atom stereocenters. The molecule has 0 saturated carbocycles. The van der Waals surface area contributed by atoms with E-state index in [0.29, 0.717) is 22.6 Å². The second kappa shape index (κ2) is 9.04.